The van der Waals surface area contributed by atoms with Gasteiger partial charge in [0.05, 0.1) is 4.90 Å². The number of nitrogens with zero attached hydrogens (tertiary/aromatic N) is 1. The highest BCUT2D eigenvalue weighted by atomic mass is 35.5. The van der Waals surface area contributed by atoms with E-state index in [1.807, 2.05) is 6.07 Å². The van der Waals surface area contributed by atoms with E-state index in [9.17, 15) is 13.2 Å². The van der Waals surface area contributed by atoms with Gasteiger partial charge in [0.1, 0.15) is 0 Å². The zero-order valence-corrected chi connectivity index (χ0v) is 19.2. The molecule has 0 bridgehead atoms. The third-order valence-corrected chi connectivity index (χ3v) is 8.72. The molecule has 2 aromatic carbocycles. The van der Waals surface area contributed by atoms with Gasteiger partial charge in [-0.2, -0.15) is 4.31 Å². The standard InChI is InChI=1S/C21H21Cl3N2O3S/c22-15-4-6-17(7-5-15)30(28,29)26-12-21(13-26)10-9-19(21)25-20(27)8-2-14-1-3-16(23)11-18(14)24/h1,3-7,11,19H,2,8-10,12-13H2,(H,25,27)/t19-/m0/s1. The Morgan fingerprint density at radius 2 is 1.73 bits per heavy atom. The van der Waals surface area contributed by atoms with E-state index >= 15 is 0 Å². The topological polar surface area (TPSA) is 66.5 Å². The summed E-state index contributed by atoms with van der Waals surface area (Å²) in [6.45, 7) is 0.845. The molecule has 1 aliphatic heterocycles. The van der Waals surface area contributed by atoms with E-state index in [1.165, 1.54) is 16.4 Å². The first-order chi connectivity index (χ1) is 14.2. The van der Waals surface area contributed by atoms with Crippen molar-refractivity contribution in [2.75, 3.05) is 13.1 Å². The van der Waals surface area contributed by atoms with Crippen LogP contribution in [0.25, 0.3) is 0 Å². The molecule has 2 aliphatic rings. The van der Waals surface area contributed by atoms with Crippen molar-refractivity contribution in [1.29, 1.82) is 0 Å². The van der Waals surface area contributed by atoms with Gasteiger partial charge in [0.25, 0.3) is 0 Å². The number of benzene rings is 2. The van der Waals surface area contributed by atoms with Crippen LogP contribution < -0.4 is 5.32 Å². The predicted molar refractivity (Wildman–Crippen MR) is 119 cm³/mol. The van der Waals surface area contributed by atoms with Gasteiger partial charge in [-0.15, -0.1) is 0 Å². The molecular weight excluding hydrogens is 467 g/mol. The monoisotopic (exact) mass is 486 g/mol. The Hall–Kier alpha value is -1.31. The number of amides is 1. The van der Waals surface area contributed by atoms with Crippen LogP contribution in [0.2, 0.25) is 15.1 Å². The maximum atomic E-state index is 12.8. The minimum Gasteiger partial charge on any atom is -0.353 e. The van der Waals surface area contributed by atoms with Gasteiger partial charge in [-0.05, 0) is 61.2 Å². The Kier molecular flexibility index (Phi) is 6.08. The Balaban J connectivity index is 1.31. The highest BCUT2D eigenvalue weighted by Gasteiger charge is 2.58. The number of aryl methyl sites for hydroxylation is 1. The number of sulfonamides is 1. The molecule has 9 heteroatoms. The van der Waals surface area contributed by atoms with Gasteiger partial charge in [0.2, 0.25) is 15.9 Å². The van der Waals surface area contributed by atoms with Crippen LogP contribution in [0.3, 0.4) is 0 Å². The number of halogens is 3. The van der Waals surface area contributed by atoms with Crippen LogP contribution in [0.15, 0.2) is 47.4 Å². The van der Waals surface area contributed by atoms with Gasteiger partial charge in [-0.25, -0.2) is 8.42 Å². The number of carbonyl (C=O) groups is 1. The fraction of sp³-hybridized carbons (Fsp3) is 0.381. The highest BCUT2D eigenvalue weighted by molar-refractivity contribution is 7.89. The first kappa shape index (κ1) is 21.9. The largest absolute Gasteiger partial charge is 0.353 e. The van der Waals surface area contributed by atoms with Crippen LogP contribution in [-0.4, -0.2) is 37.8 Å². The Morgan fingerprint density at radius 1 is 1.07 bits per heavy atom. The Morgan fingerprint density at radius 3 is 2.33 bits per heavy atom. The average molecular weight is 488 g/mol. The molecule has 30 heavy (non-hydrogen) atoms. The maximum Gasteiger partial charge on any atom is 0.243 e. The van der Waals surface area contributed by atoms with Crippen LogP contribution in [0, 0.1) is 5.41 Å². The number of hydrogen-bond donors (Lipinski definition) is 1. The molecule has 1 amide bonds. The summed E-state index contributed by atoms with van der Waals surface area (Å²) in [4.78, 5) is 12.7. The first-order valence-corrected chi connectivity index (χ1v) is 12.3. The average Bonchev–Trinajstić information content (AvgIpc) is 2.64. The second kappa shape index (κ2) is 8.32. The zero-order valence-electron chi connectivity index (χ0n) is 16.1. The molecule has 5 nitrogen and oxygen atoms in total. The second-order valence-corrected chi connectivity index (χ2v) is 11.2. The van der Waals surface area contributed by atoms with Crippen molar-refractivity contribution in [2.45, 2.75) is 36.6 Å². The number of rotatable bonds is 6. The summed E-state index contributed by atoms with van der Waals surface area (Å²) in [5, 5.41) is 4.69. The highest BCUT2D eigenvalue weighted by Crippen LogP contribution is 2.50. The molecular formula is C21H21Cl3N2O3S. The fourth-order valence-corrected chi connectivity index (χ4v) is 6.38. The molecule has 1 heterocycles. The smallest absolute Gasteiger partial charge is 0.243 e. The first-order valence-electron chi connectivity index (χ1n) is 9.69. The normalized spacial score (nSPS) is 20.4. The molecule has 2 aromatic rings. The summed E-state index contributed by atoms with van der Waals surface area (Å²) in [6, 6.07) is 11.4. The molecule has 1 saturated heterocycles. The van der Waals surface area contributed by atoms with Crippen molar-refractivity contribution in [2.24, 2.45) is 5.41 Å². The van der Waals surface area contributed by atoms with Crippen molar-refractivity contribution in [3.8, 4) is 0 Å². The lowest BCUT2D eigenvalue weighted by molar-refractivity contribution is -0.127. The molecule has 1 aliphatic carbocycles. The van der Waals surface area contributed by atoms with Gasteiger partial charge in [0.15, 0.2) is 0 Å². The molecule has 1 atom stereocenters. The predicted octanol–water partition coefficient (Wildman–Crippen LogP) is 4.55. The van der Waals surface area contributed by atoms with Gasteiger partial charge in [-0.3, -0.25) is 4.79 Å². The van der Waals surface area contributed by atoms with E-state index in [1.54, 1.807) is 24.3 Å². The zero-order chi connectivity index (χ0) is 21.5. The van der Waals surface area contributed by atoms with Gasteiger partial charge >= 0.3 is 0 Å². The Bertz CT molecular complexity index is 1070. The molecule has 4 rings (SSSR count). The molecule has 0 radical (unpaired) electrons. The van der Waals surface area contributed by atoms with E-state index in [0.717, 1.165) is 18.4 Å². The summed E-state index contributed by atoms with van der Waals surface area (Å²) >= 11 is 17.9. The van der Waals surface area contributed by atoms with Crippen molar-refractivity contribution >= 4 is 50.7 Å². The van der Waals surface area contributed by atoms with Crippen LogP contribution >= 0.6 is 34.8 Å². The number of hydrogen-bond acceptors (Lipinski definition) is 3. The molecule has 2 fully saturated rings. The summed E-state index contributed by atoms with van der Waals surface area (Å²) in [7, 11) is -3.54. The minimum atomic E-state index is -3.54. The maximum absolute atomic E-state index is 12.8. The van der Waals surface area contributed by atoms with Gasteiger partial charge in [-0.1, -0.05) is 40.9 Å². The summed E-state index contributed by atoms with van der Waals surface area (Å²) in [6.07, 6.45) is 2.62. The SMILES string of the molecule is O=C(CCc1ccc(Cl)cc1Cl)N[C@H]1CCC12CN(S(=O)(=O)c1ccc(Cl)cc1)C2. The second-order valence-electron chi connectivity index (χ2n) is 7.98. The van der Waals surface area contributed by atoms with Crippen molar-refractivity contribution in [3.63, 3.8) is 0 Å². The number of carbonyl (C=O) groups excluding carboxylic acids is 1. The number of nitrogens with one attached hydrogen (secondary N) is 1. The van der Waals surface area contributed by atoms with Crippen molar-refractivity contribution < 1.29 is 13.2 Å². The van der Waals surface area contributed by atoms with E-state index in [4.69, 9.17) is 34.8 Å². The van der Waals surface area contributed by atoms with E-state index < -0.39 is 10.0 Å². The van der Waals surface area contributed by atoms with E-state index in [0.29, 0.717) is 41.0 Å². The third-order valence-electron chi connectivity index (χ3n) is 6.08. The lowest BCUT2D eigenvalue weighted by atomic mass is 9.60. The molecule has 0 unspecified atom stereocenters. The lowest BCUT2D eigenvalue weighted by Gasteiger charge is -2.59. The van der Waals surface area contributed by atoms with E-state index in [2.05, 4.69) is 5.32 Å². The van der Waals surface area contributed by atoms with Crippen LogP contribution in [-0.2, 0) is 21.2 Å². The minimum absolute atomic E-state index is 0.00218. The summed E-state index contributed by atoms with van der Waals surface area (Å²) in [5.41, 5.74) is 0.719. The molecule has 160 valence electrons. The Labute approximate surface area is 191 Å². The third kappa shape index (κ3) is 4.21. The quantitative estimate of drug-likeness (QED) is 0.650. The van der Waals surface area contributed by atoms with Crippen molar-refractivity contribution in [1.82, 2.24) is 9.62 Å². The fourth-order valence-electron chi connectivity index (χ4n) is 4.12. The molecule has 1 saturated carbocycles. The molecule has 1 spiro atoms. The van der Waals surface area contributed by atoms with Crippen molar-refractivity contribution in [3.05, 3.63) is 63.1 Å². The lowest BCUT2D eigenvalue weighted by Crippen LogP contribution is -2.71. The molecule has 1 N–H and O–H groups in total. The molecule has 0 aromatic heterocycles. The van der Waals surface area contributed by atoms with Crippen LogP contribution in [0.1, 0.15) is 24.8 Å². The van der Waals surface area contributed by atoms with Crippen LogP contribution in [0.5, 0.6) is 0 Å². The van der Waals surface area contributed by atoms with Gasteiger partial charge < -0.3 is 5.32 Å². The van der Waals surface area contributed by atoms with Crippen LogP contribution in [0.4, 0.5) is 0 Å². The summed E-state index contributed by atoms with van der Waals surface area (Å²) in [5.74, 6) is -0.0518. The summed E-state index contributed by atoms with van der Waals surface area (Å²) < 4.78 is 27.0. The van der Waals surface area contributed by atoms with Gasteiger partial charge in [0, 0.05) is 46.0 Å². The van der Waals surface area contributed by atoms with E-state index in [-0.39, 0.29) is 22.3 Å².